The molecule has 0 saturated heterocycles. The van der Waals surface area contributed by atoms with Crippen molar-refractivity contribution in [3.8, 4) is 5.69 Å². The van der Waals surface area contributed by atoms with Crippen LogP contribution in [0.15, 0.2) is 24.3 Å². The number of carbonyl (C=O) groups is 1. The summed E-state index contributed by atoms with van der Waals surface area (Å²) >= 11 is 0. The third-order valence-electron chi connectivity index (χ3n) is 3.53. The van der Waals surface area contributed by atoms with Crippen molar-refractivity contribution < 1.29 is 9.90 Å². The van der Waals surface area contributed by atoms with E-state index in [1.807, 2.05) is 45.0 Å². The molecule has 5 heteroatoms. The largest absolute Gasteiger partial charge is 0.476 e. The lowest BCUT2D eigenvalue weighted by Crippen LogP contribution is -2.11. The average molecular weight is 273 g/mol. The molecule has 0 aliphatic carbocycles. The van der Waals surface area contributed by atoms with Gasteiger partial charge in [0.2, 0.25) is 0 Å². The molecule has 1 N–H and O–H groups in total. The Morgan fingerprint density at radius 3 is 2.60 bits per heavy atom. The Morgan fingerprint density at radius 2 is 2.05 bits per heavy atom. The van der Waals surface area contributed by atoms with Crippen molar-refractivity contribution in [1.29, 1.82) is 0 Å². The molecular formula is C15H19N3O2. The minimum Gasteiger partial charge on any atom is -0.476 e. The predicted octanol–water partition coefficient (Wildman–Crippen LogP) is 3.18. The van der Waals surface area contributed by atoms with Crippen molar-refractivity contribution in [3.05, 3.63) is 41.2 Å². The quantitative estimate of drug-likeness (QED) is 0.908. The molecule has 0 atom stereocenters. The van der Waals surface area contributed by atoms with E-state index in [1.165, 1.54) is 0 Å². The minimum absolute atomic E-state index is 0.0557. The molecule has 0 fully saturated rings. The van der Waals surface area contributed by atoms with Crippen LogP contribution in [0.1, 0.15) is 54.4 Å². The second-order valence-corrected chi connectivity index (χ2v) is 4.89. The van der Waals surface area contributed by atoms with Gasteiger partial charge in [0.1, 0.15) is 0 Å². The number of aryl methyl sites for hydroxylation is 1. The van der Waals surface area contributed by atoms with Crippen LogP contribution in [0.3, 0.4) is 0 Å². The molecule has 106 valence electrons. The van der Waals surface area contributed by atoms with Gasteiger partial charge in [-0.1, -0.05) is 31.2 Å². The van der Waals surface area contributed by atoms with Crippen molar-refractivity contribution in [2.45, 2.75) is 39.5 Å². The third-order valence-corrected chi connectivity index (χ3v) is 3.53. The maximum Gasteiger partial charge on any atom is 0.358 e. The summed E-state index contributed by atoms with van der Waals surface area (Å²) in [4.78, 5) is 11.4. The Morgan fingerprint density at radius 1 is 1.35 bits per heavy atom. The second-order valence-electron chi connectivity index (χ2n) is 4.89. The van der Waals surface area contributed by atoms with Crippen LogP contribution in [0.25, 0.3) is 5.69 Å². The highest BCUT2D eigenvalue weighted by Gasteiger charge is 2.25. The number of aromatic carboxylic acids is 1. The van der Waals surface area contributed by atoms with Crippen LogP contribution in [0.4, 0.5) is 0 Å². The van der Waals surface area contributed by atoms with Crippen LogP contribution in [-0.4, -0.2) is 26.1 Å². The lowest BCUT2D eigenvalue weighted by atomic mass is 9.97. The van der Waals surface area contributed by atoms with Crippen LogP contribution >= 0.6 is 0 Å². The molecule has 20 heavy (non-hydrogen) atoms. The first-order valence-corrected chi connectivity index (χ1v) is 6.84. The number of hydrogen-bond acceptors (Lipinski definition) is 3. The molecule has 0 radical (unpaired) electrons. The van der Waals surface area contributed by atoms with Gasteiger partial charge >= 0.3 is 5.97 Å². The number of benzene rings is 1. The highest BCUT2D eigenvalue weighted by Crippen LogP contribution is 2.27. The fourth-order valence-corrected chi connectivity index (χ4v) is 2.43. The standard InChI is InChI=1S/C15H19N3O2/c1-4-11(5-2)14-13(15(19)20)16-17-18(14)12-8-6-7-10(3)9-12/h6-9,11H,4-5H2,1-3H3,(H,19,20). The molecule has 2 rings (SSSR count). The monoisotopic (exact) mass is 273 g/mol. The molecular weight excluding hydrogens is 254 g/mol. The lowest BCUT2D eigenvalue weighted by Gasteiger charge is -2.15. The molecule has 0 amide bonds. The maximum absolute atomic E-state index is 11.4. The molecule has 0 unspecified atom stereocenters. The van der Waals surface area contributed by atoms with Gasteiger partial charge in [-0.25, -0.2) is 9.48 Å². The van der Waals surface area contributed by atoms with Crippen LogP contribution in [-0.2, 0) is 0 Å². The Hall–Kier alpha value is -2.17. The van der Waals surface area contributed by atoms with Gasteiger partial charge in [-0.15, -0.1) is 5.10 Å². The van der Waals surface area contributed by atoms with E-state index in [4.69, 9.17) is 0 Å². The zero-order valence-corrected chi connectivity index (χ0v) is 12.0. The van der Waals surface area contributed by atoms with Gasteiger partial charge in [0.15, 0.2) is 5.69 Å². The van der Waals surface area contributed by atoms with Crippen molar-refractivity contribution >= 4 is 5.97 Å². The summed E-state index contributed by atoms with van der Waals surface area (Å²) in [5, 5.41) is 17.2. The highest BCUT2D eigenvalue weighted by atomic mass is 16.4. The lowest BCUT2D eigenvalue weighted by molar-refractivity contribution is 0.0688. The number of aromatic nitrogens is 3. The molecule has 2 aromatic rings. The van der Waals surface area contributed by atoms with E-state index in [0.29, 0.717) is 5.69 Å². The summed E-state index contributed by atoms with van der Waals surface area (Å²) in [6, 6.07) is 7.82. The molecule has 5 nitrogen and oxygen atoms in total. The van der Waals surface area contributed by atoms with E-state index in [-0.39, 0.29) is 11.6 Å². The first kappa shape index (κ1) is 14.2. The predicted molar refractivity (Wildman–Crippen MR) is 76.4 cm³/mol. The zero-order chi connectivity index (χ0) is 14.7. The van der Waals surface area contributed by atoms with Crippen LogP contribution in [0, 0.1) is 6.92 Å². The van der Waals surface area contributed by atoms with Crippen molar-refractivity contribution in [1.82, 2.24) is 15.0 Å². The summed E-state index contributed by atoms with van der Waals surface area (Å²) in [7, 11) is 0. The maximum atomic E-state index is 11.4. The number of carboxylic acid groups (broad SMARTS) is 1. The molecule has 1 aromatic carbocycles. The van der Waals surface area contributed by atoms with E-state index >= 15 is 0 Å². The minimum atomic E-state index is -1.02. The fourth-order valence-electron chi connectivity index (χ4n) is 2.43. The molecule has 1 aromatic heterocycles. The first-order valence-electron chi connectivity index (χ1n) is 6.84. The number of rotatable bonds is 5. The molecule has 0 aliphatic rings. The Kier molecular flexibility index (Phi) is 4.17. The molecule has 1 heterocycles. The van der Waals surface area contributed by atoms with Crippen LogP contribution in [0.5, 0.6) is 0 Å². The summed E-state index contributed by atoms with van der Waals surface area (Å²) in [5.74, 6) is -0.887. The molecule has 0 spiro atoms. The Labute approximate surface area is 118 Å². The topological polar surface area (TPSA) is 68.0 Å². The number of hydrogen-bond donors (Lipinski definition) is 1. The van der Waals surface area contributed by atoms with E-state index < -0.39 is 5.97 Å². The normalized spacial score (nSPS) is 11.0. The van der Waals surface area contributed by atoms with Gasteiger partial charge < -0.3 is 5.11 Å². The SMILES string of the molecule is CCC(CC)c1c(C(=O)O)nnn1-c1cccc(C)c1. The Balaban J connectivity index is 2.61. The second kappa shape index (κ2) is 5.86. The van der Waals surface area contributed by atoms with Gasteiger partial charge in [-0.2, -0.15) is 0 Å². The number of carboxylic acids is 1. The van der Waals surface area contributed by atoms with Gasteiger partial charge in [-0.3, -0.25) is 0 Å². The van der Waals surface area contributed by atoms with Gasteiger partial charge in [0, 0.05) is 5.92 Å². The van der Waals surface area contributed by atoms with Crippen LogP contribution < -0.4 is 0 Å². The molecule has 0 aliphatic heterocycles. The summed E-state index contributed by atoms with van der Waals surface area (Å²) < 4.78 is 1.66. The van der Waals surface area contributed by atoms with Gasteiger partial charge in [0.25, 0.3) is 0 Å². The van der Waals surface area contributed by atoms with E-state index in [9.17, 15) is 9.90 Å². The molecule has 0 saturated carbocycles. The highest BCUT2D eigenvalue weighted by molar-refractivity contribution is 5.86. The smallest absolute Gasteiger partial charge is 0.358 e. The molecule has 0 bridgehead atoms. The van der Waals surface area contributed by atoms with Crippen molar-refractivity contribution in [2.24, 2.45) is 0 Å². The van der Waals surface area contributed by atoms with E-state index in [0.717, 1.165) is 24.1 Å². The summed E-state index contributed by atoms with van der Waals surface area (Å²) in [6.45, 7) is 6.09. The third kappa shape index (κ3) is 2.57. The first-order chi connectivity index (χ1) is 9.58. The zero-order valence-electron chi connectivity index (χ0n) is 12.0. The Bertz CT molecular complexity index is 615. The van der Waals surface area contributed by atoms with Gasteiger partial charge in [-0.05, 0) is 37.5 Å². The number of nitrogens with zero attached hydrogens (tertiary/aromatic N) is 3. The summed E-state index contributed by atoms with van der Waals surface area (Å²) in [6.07, 6.45) is 1.71. The van der Waals surface area contributed by atoms with Crippen LogP contribution in [0.2, 0.25) is 0 Å². The van der Waals surface area contributed by atoms with Crippen molar-refractivity contribution in [3.63, 3.8) is 0 Å². The summed E-state index contributed by atoms with van der Waals surface area (Å²) in [5.41, 5.74) is 2.70. The van der Waals surface area contributed by atoms with E-state index in [2.05, 4.69) is 10.3 Å². The van der Waals surface area contributed by atoms with Crippen molar-refractivity contribution in [2.75, 3.05) is 0 Å². The van der Waals surface area contributed by atoms with E-state index in [1.54, 1.807) is 4.68 Å². The average Bonchev–Trinajstić information content (AvgIpc) is 2.85. The fraction of sp³-hybridized carbons (Fsp3) is 0.400. The van der Waals surface area contributed by atoms with Gasteiger partial charge in [0.05, 0.1) is 11.4 Å².